The van der Waals surface area contributed by atoms with Crippen LogP contribution in [-0.2, 0) is 0 Å². The molecule has 21 heavy (non-hydrogen) atoms. The summed E-state index contributed by atoms with van der Waals surface area (Å²) in [5, 5.41) is 0. The van der Waals surface area contributed by atoms with Crippen LogP contribution in [0.15, 0.2) is 22.7 Å². The zero-order valence-electron chi connectivity index (χ0n) is 13.5. The van der Waals surface area contributed by atoms with Gasteiger partial charge in [-0.15, -0.1) is 0 Å². The largest absolute Gasteiger partial charge is 0.496 e. The maximum absolute atomic E-state index is 12.7. The molecule has 0 heterocycles. The van der Waals surface area contributed by atoms with E-state index in [1.807, 2.05) is 37.2 Å². The Bertz CT molecular complexity index is 475. The van der Waals surface area contributed by atoms with Crippen molar-refractivity contribution in [2.24, 2.45) is 5.92 Å². The van der Waals surface area contributed by atoms with Gasteiger partial charge in [-0.2, -0.15) is 0 Å². The van der Waals surface area contributed by atoms with Gasteiger partial charge in [0.05, 0.1) is 11.6 Å². The van der Waals surface area contributed by atoms with E-state index in [0.29, 0.717) is 11.5 Å². The summed E-state index contributed by atoms with van der Waals surface area (Å²) in [4.78, 5) is 16.7. The molecule has 0 aromatic heterocycles. The van der Waals surface area contributed by atoms with E-state index in [1.54, 1.807) is 7.11 Å². The van der Waals surface area contributed by atoms with E-state index < -0.39 is 0 Å². The first-order chi connectivity index (χ1) is 9.85. The Morgan fingerprint density at radius 1 is 1.29 bits per heavy atom. The maximum Gasteiger partial charge on any atom is 0.253 e. The molecule has 0 saturated carbocycles. The number of nitrogens with zero attached hydrogens (tertiary/aromatic N) is 2. The summed E-state index contributed by atoms with van der Waals surface area (Å²) in [7, 11) is 5.65. The topological polar surface area (TPSA) is 32.8 Å². The van der Waals surface area contributed by atoms with Crippen molar-refractivity contribution in [3.63, 3.8) is 0 Å². The summed E-state index contributed by atoms with van der Waals surface area (Å²) in [6.45, 7) is 6.60. The third-order valence-electron chi connectivity index (χ3n) is 3.09. The molecule has 5 heteroatoms. The van der Waals surface area contributed by atoms with Gasteiger partial charge in [-0.3, -0.25) is 4.79 Å². The molecule has 0 spiro atoms. The fraction of sp³-hybridized carbons (Fsp3) is 0.562. The monoisotopic (exact) mass is 356 g/mol. The number of ether oxygens (including phenoxy) is 1. The number of methoxy groups -OCH3 is 1. The van der Waals surface area contributed by atoms with Crippen LogP contribution < -0.4 is 4.74 Å². The van der Waals surface area contributed by atoms with Crippen molar-refractivity contribution in [3.05, 3.63) is 28.2 Å². The molecule has 118 valence electrons. The average molecular weight is 357 g/mol. The first kappa shape index (κ1) is 18.0. The molecule has 0 aliphatic carbocycles. The minimum atomic E-state index is 0.0638. The van der Waals surface area contributed by atoms with Crippen molar-refractivity contribution >= 4 is 21.8 Å². The molecule has 1 aromatic rings. The molecule has 0 fully saturated rings. The van der Waals surface area contributed by atoms with E-state index in [0.717, 1.165) is 29.9 Å². The average Bonchev–Trinajstić information content (AvgIpc) is 2.42. The second-order valence-electron chi connectivity index (χ2n) is 5.80. The van der Waals surface area contributed by atoms with Gasteiger partial charge in [-0.05, 0) is 54.1 Å². The highest BCUT2D eigenvalue weighted by Gasteiger charge is 2.18. The third-order valence-corrected chi connectivity index (χ3v) is 3.71. The Morgan fingerprint density at radius 2 is 1.95 bits per heavy atom. The molecule has 0 saturated heterocycles. The first-order valence-electron chi connectivity index (χ1n) is 7.12. The molecule has 0 aliphatic heterocycles. The van der Waals surface area contributed by atoms with E-state index in [1.165, 1.54) is 0 Å². The van der Waals surface area contributed by atoms with Crippen LogP contribution in [0.3, 0.4) is 0 Å². The van der Waals surface area contributed by atoms with Crippen molar-refractivity contribution in [1.29, 1.82) is 0 Å². The standard InChI is InChI=1S/C16H25BrN2O2/c1-12(2)11-19(9-8-18(3)4)16(20)13-6-7-15(21-5)14(17)10-13/h6-7,10,12H,8-9,11H2,1-5H3. The Kier molecular flexibility index (Phi) is 7.18. The lowest BCUT2D eigenvalue weighted by Gasteiger charge is -2.26. The molecular formula is C16H25BrN2O2. The van der Waals surface area contributed by atoms with Gasteiger partial charge in [0.25, 0.3) is 5.91 Å². The molecule has 0 atom stereocenters. The maximum atomic E-state index is 12.7. The van der Waals surface area contributed by atoms with E-state index in [4.69, 9.17) is 4.74 Å². The Labute approximate surface area is 136 Å². The van der Waals surface area contributed by atoms with Gasteiger partial charge in [-0.1, -0.05) is 13.8 Å². The van der Waals surface area contributed by atoms with Crippen LogP contribution in [0.2, 0.25) is 0 Å². The third kappa shape index (κ3) is 5.67. The molecule has 4 nitrogen and oxygen atoms in total. The highest BCUT2D eigenvalue weighted by molar-refractivity contribution is 9.10. The number of rotatable bonds is 7. The van der Waals surface area contributed by atoms with Crippen molar-refractivity contribution < 1.29 is 9.53 Å². The smallest absolute Gasteiger partial charge is 0.253 e. The lowest BCUT2D eigenvalue weighted by atomic mass is 10.1. The van der Waals surface area contributed by atoms with Gasteiger partial charge in [0.2, 0.25) is 0 Å². The highest BCUT2D eigenvalue weighted by atomic mass is 79.9. The van der Waals surface area contributed by atoms with Gasteiger partial charge in [0, 0.05) is 25.2 Å². The van der Waals surface area contributed by atoms with Gasteiger partial charge < -0.3 is 14.5 Å². The number of halogens is 1. The Morgan fingerprint density at radius 3 is 2.43 bits per heavy atom. The SMILES string of the molecule is COc1ccc(C(=O)N(CCN(C)C)CC(C)C)cc1Br. The molecule has 0 unspecified atom stereocenters. The van der Waals surface area contributed by atoms with E-state index in [-0.39, 0.29) is 5.91 Å². The number of carbonyl (C=O) groups excluding carboxylic acids is 1. The fourth-order valence-electron chi connectivity index (χ4n) is 2.02. The van der Waals surface area contributed by atoms with E-state index in [2.05, 4.69) is 34.7 Å². The summed E-state index contributed by atoms with van der Waals surface area (Å²) in [6.07, 6.45) is 0. The van der Waals surface area contributed by atoms with Gasteiger partial charge in [0.15, 0.2) is 0 Å². The summed E-state index contributed by atoms with van der Waals surface area (Å²) >= 11 is 3.43. The number of benzene rings is 1. The second kappa shape index (κ2) is 8.39. The van der Waals surface area contributed by atoms with Crippen molar-refractivity contribution in [2.75, 3.05) is 40.8 Å². The van der Waals surface area contributed by atoms with Crippen LogP contribution in [0.1, 0.15) is 24.2 Å². The minimum Gasteiger partial charge on any atom is -0.496 e. The first-order valence-corrected chi connectivity index (χ1v) is 7.92. The quantitative estimate of drug-likeness (QED) is 0.752. The zero-order chi connectivity index (χ0) is 16.0. The van der Waals surface area contributed by atoms with Crippen LogP contribution in [0.5, 0.6) is 5.75 Å². The van der Waals surface area contributed by atoms with Gasteiger partial charge in [0.1, 0.15) is 5.75 Å². The van der Waals surface area contributed by atoms with Crippen LogP contribution in [0.4, 0.5) is 0 Å². The van der Waals surface area contributed by atoms with Crippen molar-refractivity contribution in [2.45, 2.75) is 13.8 Å². The van der Waals surface area contributed by atoms with Crippen molar-refractivity contribution in [1.82, 2.24) is 9.80 Å². The summed E-state index contributed by atoms with van der Waals surface area (Å²) in [5.74, 6) is 1.24. The van der Waals surface area contributed by atoms with Gasteiger partial charge >= 0.3 is 0 Å². The number of likely N-dealkylation sites (N-methyl/N-ethyl adjacent to an activating group) is 1. The van der Waals surface area contributed by atoms with Gasteiger partial charge in [-0.25, -0.2) is 0 Å². The van der Waals surface area contributed by atoms with E-state index >= 15 is 0 Å². The highest BCUT2D eigenvalue weighted by Crippen LogP contribution is 2.26. The molecule has 0 bridgehead atoms. The minimum absolute atomic E-state index is 0.0638. The molecule has 0 N–H and O–H groups in total. The Hall–Kier alpha value is -1.07. The van der Waals surface area contributed by atoms with Crippen molar-refractivity contribution in [3.8, 4) is 5.75 Å². The lowest BCUT2D eigenvalue weighted by Crippen LogP contribution is -2.39. The summed E-state index contributed by atoms with van der Waals surface area (Å²) < 4.78 is 6.00. The molecule has 1 amide bonds. The Balaban J connectivity index is 2.90. The second-order valence-corrected chi connectivity index (χ2v) is 6.65. The number of amides is 1. The molecular weight excluding hydrogens is 332 g/mol. The summed E-state index contributed by atoms with van der Waals surface area (Å²) in [5.41, 5.74) is 0.682. The van der Waals surface area contributed by atoms with Crippen LogP contribution in [0, 0.1) is 5.92 Å². The summed E-state index contributed by atoms with van der Waals surface area (Å²) in [6, 6.07) is 5.45. The molecule has 0 aliphatic rings. The lowest BCUT2D eigenvalue weighted by molar-refractivity contribution is 0.0724. The number of carbonyl (C=O) groups is 1. The molecule has 1 aromatic carbocycles. The zero-order valence-corrected chi connectivity index (χ0v) is 15.1. The number of hydrogen-bond acceptors (Lipinski definition) is 3. The fourth-order valence-corrected chi connectivity index (χ4v) is 2.56. The van der Waals surface area contributed by atoms with Crippen LogP contribution in [0.25, 0.3) is 0 Å². The van der Waals surface area contributed by atoms with E-state index in [9.17, 15) is 4.79 Å². The molecule has 1 rings (SSSR count). The van der Waals surface area contributed by atoms with Crippen LogP contribution in [-0.4, -0.2) is 56.5 Å². The number of hydrogen-bond donors (Lipinski definition) is 0. The predicted octanol–water partition coefficient (Wildman–Crippen LogP) is 3.12. The normalized spacial score (nSPS) is 11.0. The molecule has 0 radical (unpaired) electrons. The van der Waals surface area contributed by atoms with Crippen LogP contribution >= 0.6 is 15.9 Å². The predicted molar refractivity (Wildman–Crippen MR) is 90.0 cm³/mol.